The third-order valence-corrected chi connectivity index (χ3v) is 4.85. The van der Waals surface area contributed by atoms with E-state index in [1.54, 1.807) is 11.3 Å². The van der Waals surface area contributed by atoms with E-state index in [4.69, 9.17) is 0 Å². The van der Waals surface area contributed by atoms with E-state index >= 15 is 0 Å². The first-order valence-corrected chi connectivity index (χ1v) is 7.55. The Balaban J connectivity index is 1.73. The monoisotopic (exact) mass is 256 g/mol. The van der Waals surface area contributed by atoms with E-state index in [-0.39, 0.29) is 0 Å². The summed E-state index contributed by atoms with van der Waals surface area (Å²) in [7, 11) is 0. The van der Waals surface area contributed by atoms with Crippen LogP contribution >= 0.6 is 11.3 Å². The Hall–Kier alpha value is -1.19. The molecule has 2 nitrogen and oxygen atoms in total. The molecule has 1 fully saturated rings. The standard InChI is InChI=1S/C15H16N2S/c1-2-11(10-4-5-10)8-12(3-1)14-15-13(6-7-16-14)18-9-17-15/h1-3,8-10,14,16H,4-7H2. The first kappa shape index (κ1) is 10.7. The molecule has 1 N–H and O–H groups in total. The molecule has 1 aromatic carbocycles. The number of benzene rings is 1. The van der Waals surface area contributed by atoms with Crippen molar-refractivity contribution in [2.75, 3.05) is 6.54 Å². The van der Waals surface area contributed by atoms with Crippen molar-refractivity contribution in [3.8, 4) is 0 Å². The molecule has 2 aromatic rings. The Morgan fingerprint density at radius 1 is 1.22 bits per heavy atom. The Bertz CT molecular complexity index is 571. The van der Waals surface area contributed by atoms with Gasteiger partial charge in [-0.25, -0.2) is 4.98 Å². The highest BCUT2D eigenvalue weighted by molar-refractivity contribution is 7.09. The molecule has 3 heteroatoms. The van der Waals surface area contributed by atoms with Crippen LogP contribution in [0, 0.1) is 0 Å². The van der Waals surface area contributed by atoms with E-state index in [0.717, 1.165) is 18.9 Å². The summed E-state index contributed by atoms with van der Waals surface area (Å²) >= 11 is 1.80. The number of nitrogens with zero attached hydrogens (tertiary/aromatic N) is 1. The summed E-state index contributed by atoms with van der Waals surface area (Å²) in [6.07, 6.45) is 3.85. The minimum absolute atomic E-state index is 0.304. The number of hydrogen-bond donors (Lipinski definition) is 1. The van der Waals surface area contributed by atoms with Gasteiger partial charge in [0.15, 0.2) is 0 Å². The minimum atomic E-state index is 0.304. The third-order valence-electron chi connectivity index (χ3n) is 3.94. The van der Waals surface area contributed by atoms with Crippen molar-refractivity contribution in [3.63, 3.8) is 0 Å². The van der Waals surface area contributed by atoms with Crippen LogP contribution in [0.15, 0.2) is 29.8 Å². The van der Waals surface area contributed by atoms with Gasteiger partial charge < -0.3 is 5.32 Å². The van der Waals surface area contributed by atoms with Gasteiger partial charge in [0.1, 0.15) is 0 Å². The molecule has 2 heterocycles. The summed E-state index contributed by atoms with van der Waals surface area (Å²) in [6.45, 7) is 1.06. The molecule has 1 unspecified atom stereocenters. The number of thiazole rings is 1. The number of rotatable bonds is 2. The number of nitrogens with one attached hydrogen (secondary N) is 1. The van der Waals surface area contributed by atoms with Crippen molar-refractivity contribution in [2.45, 2.75) is 31.2 Å². The second-order valence-corrected chi connectivity index (χ2v) is 6.18. The molecule has 0 spiro atoms. The molecule has 0 saturated heterocycles. The molecular formula is C15H16N2S. The van der Waals surface area contributed by atoms with Gasteiger partial charge >= 0.3 is 0 Å². The smallest absolute Gasteiger partial charge is 0.0798 e. The van der Waals surface area contributed by atoms with E-state index in [1.807, 2.05) is 5.51 Å². The van der Waals surface area contributed by atoms with Gasteiger partial charge in [0.25, 0.3) is 0 Å². The van der Waals surface area contributed by atoms with E-state index in [0.29, 0.717) is 6.04 Å². The first-order chi connectivity index (χ1) is 8.92. The molecule has 1 atom stereocenters. The van der Waals surface area contributed by atoms with Crippen molar-refractivity contribution in [1.29, 1.82) is 0 Å². The highest BCUT2D eigenvalue weighted by Gasteiger charge is 2.27. The molecule has 0 radical (unpaired) electrons. The van der Waals surface area contributed by atoms with Gasteiger partial charge in [0.2, 0.25) is 0 Å². The van der Waals surface area contributed by atoms with Crippen molar-refractivity contribution in [2.24, 2.45) is 0 Å². The van der Waals surface area contributed by atoms with E-state index in [2.05, 4.69) is 34.6 Å². The van der Waals surface area contributed by atoms with Crippen molar-refractivity contribution in [1.82, 2.24) is 10.3 Å². The lowest BCUT2D eigenvalue weighted by Crippen LogP contribution is -2.30. The number of fused-ring (bicyclic) bond motifs is 1. The second-order valence-electron chi connectivity index (χ2n) is 5.24. The molecule has 1 aliphatic heterocycles. The molecule has 0 bridgehead atoms. The average Bonchev–Trinajstić information content (AvgIpc) is 3.16. The molecule has 92 valence electrons. The normalized spacial score (nSPS) is 22.8. The van der Waals surface area contributed by atoms with Crippen molar-refractivity contribution >= 4 is 11.3 Å². The first-order valence-electron chi connectivity index (χ1n) is 6.67. The maximum atomic E-state index is 4.56. The summed E-state index contributed by atoms with van der Waals surface area (Å²) in [4.78, 5) is 6.01. The van der Waals surface area contributed by atoms with E-state index in [1.165, 1.54) is 34.5 Å². The van der Waals surface area contributed by atoms with Gasteiger partial charge in [-0.1, -0.05) is 24.3 Å². The van der Waals surface area contributed by atoms with Crippen LogP contribution in [0.25, 0.3) is 0 Å². The maximum Gasteiger partial charge on any atom is 0.0798 e. The summed E-state index contributed by atoms with van der Waals surface area (Å²) in [6, 6.07) is 9.39. The van der Waals surface area contributed by atoms with Crippen LogP contribution in [0.5, 0.6) is 0 Å². The predicted molar refractivity (Wildman–Crippen MR) is 74.1 cm³/mol. The average molecular weight is 256 g/mol. The molecule has 1 saturated carbocycles. The quantitative estimate of drug-likeness (QED) is 0.892. The van der Waals surface area contributed by atoms with E-state index in [9.17, 15) is 0 Å². The third kappa shape index (κ3) is 1.78. The van der Waals surface area contributed by atoms with Crippen LogP contribution in [0.1, 0.15) is 46.5 Å². The highest BCUT2D eigenvalue weighted by Crippen LogP contribution is 2.41. The van der Waals surface area contributed by atoms with Crippen LogP contribution < -0.4 is 5.32 Å². The van der Waals surface area contributed by atoms with Crippen molar-refractivity contribution in [3.05, 3.63) is 51.5 Å². The van der Waals surface area contributed by atoms with Crippen LogP contribution in [-0.2, 0) is 6.42 Å². The van der Waals surface area contributed by atoms with Crippen molar-refractivity contribution < 1.29 is 0 Å². The summed E-state index contributed by atoms with van der Waals surface area (Å²) in [5, 5.41) is 3.61. The van der Waals surface area contributed by atoms with Gasteiger partial charge in [-0.15, -0.1) is 11.3 Å². The molecular weight excluding hydrogens is 240 g/mol. The van der Waals surface area contributed by atoms with Crippen LogP contribution in [0.2, 0.25) is 0 Å². The number of aromatic nitrogens is 1. The largest absolute Gasteiger partial charge is 0.305 e. The van der Waals surface area contributed by atoms with Gasteiger partial charge in [0.05, 0.1) is 17.2 Å². The minimum Gasteiger partial charge on any atom is -0.305 e. The topological polar surface area (TPSA) is 24.9 Å². The van der Waals surface area contributed by atoms with Crippen LogP contribution in [0.3, 0.4) is 0 Å². The lowest BCUT2D eigenvalue weighted by molar-refractivity contribution is 0.561. The van der Waals surface area contributed by atoms with Crippen LogP contribution in [0.4, 0.5) is 0 Å². The summed E-state index contributed by atoms with van der Waals surface area (Å²) < 4.78 is 0. The highest BCUT2D eigenvalue weighted by atomic mass is 32.1. The predicted octanol–water partition coefficient (Wildman–Crippen LogP) is 3.26. The zero-order valence-electron chi connectivity index (χ0n) is 10.2. The molecule has 18 heavy (non-hydrogen) atoms. The Morgan fingerprint density at radius 2 is 2.11 bits per heavy atom. The fourth-order valence-electron chi connectivity index (χ4n) is 2.81. The zero-order chi connectivity index (χ0) is 11.9. The maximum absolute atomic E-state index is 4.56. The molecule has 4 rings (SSSR count). The van der Waals surface area contributed by atoms with Crippen LogP contribution in [-0.4, -0.2) is 11.5 Å². The summed E-state index contributed by atoms with van der Waals surface area (Å²) in [5.74, 6) is 0.823. The summed E-state index contributed by atoms with van der Waals surface area (Å²) in [5.41, 5.74) is 6.12. The lowest BCUT2D eigenvalue weighted by Gasteiger charge is -2.23. The molecule has 2 aliphatic rings. The van der Waals surface area contributed by atoms with Gasteiger partial charge in [-0.2, -0.15) is 0 Å². The Labute approximate surface area is 111 Å². The Morgan fingerprint density at radius 3 is 3.00 bits per heavy atom. The lowest BCUT2D eigenvalue weighted by atomic mass is 9.96. The molecule has 1 aromatic heterocycles. The Kier molecular flexibility index (Phi) is 2.49. The van der Waals surface area contributed by atoms with Gasteiger partial charge in [0, 0.05) is 11.4 Å². The second kappa shape index (κ2) is 4.18. The molecule has 0 amide bonds. The fraction of sp³-hybridized carbons (Fsp3) is 0.400. The van der Waals surface area contributed by atoms with Gasteiger partial charge in [-0.05, 0) is 36.3 Å². The fourth-order valence-corrected chi connectivity index (χ4v) is 3.62. The van der Waals surface area contributed by atoms with Gasteiger partial charge in [-0.3, -0.25) is 0 Å². The zero-order valence-corrected chi connectivity index (χ0v) is 11.0. The van der Waals surface area contributed by atoms with E-state index < -0.39 is 0 Å². The molecule has 1 aliphatic carbocycles. The number of hydrogen-bond acceptors (Lipinski definition) is 3. The SMILES string of the molecule is c1cc(C2CC2)cc(C2NCCc3scnc32)c1.